The molecular weight excluding hydrogens is 370 g/mol. The van der Waals surface area contributed by atoms with E-state index in [1.807, 2.05) is 32.5 Å². The van der Waals surface area contributed by atoms with Crippen LogP contribution in [0.4, 0.5) is 0 Å². The van der Waals surface area contributed by atoms with Gasteiger partial charge in [0.2, 0.25) is 0 Å². The molecule has 30 heavy (non-hydrogen) atoms. The third kappa shape index (κ3) is 5.28. The Balaban J connectivity index is 1.56. The molecule has 0 atom stereocenters. The maximum Gasteiger partial charge on any atom is 0.126 e. The van der Waals surface area contributed by atoms with Gasteiger partial charge in [0.1, 0.15) is 11.6 Å². The van der Waals surface area contributed by atoms with E-state index in [9.17, 15) is 0 Å². The molecule has 0 unspecified atom stereocenters. The van der Waals surface area contributed by atoms with Crippen molar-refractivity contribution in [2.75, 3.05) is 13.1 Å². The molecule has 1 N–H and O–H groups in total. The molecule has 0 bridgehead atoms. The largest absolute Gasteiger partial charge is 0.344 e. The number of piperidine rings is 1. The molecule has 0 aromatic carbocycles. The molecule has 1 aromatic heterocycles. The summed E-state index contributed by atoms with van der Waals surface area (Å²) in [6, 6.07) is 0.626. The van der Waals surface area contributed by atoms with Gasteiger partial charge in [-0.15, -0.1) is 0 Å². The highest BCUT2D eigenvalue weighted by atomic mass is 15.2. The van der Waals surface area contributed by atoms with Crippen LogP contribution in [0.25, 0.3) is 5.57 Å². The van der Waals surface area contributed by atoms with E-state index in [2.05, 4.69) is 70.0 Å². The Morgan fingerprint density at radius 1 is 1.30 bits per heavy atom. The minimum atomic E-state index is 0.522. The summed E-state index contributed by atoms with van der Waals surface area (Å²) < 4.78 is 2.07. The highest BCUT2D eigenvalue weighted by Gasteiger charge is 2.23. The third-order valence-corrected chi connectivity index (χ3v) is 6.15. The summed E-state index contributed by atoms with van der Waals surface area (Å²) in [5, 5.41) is 3.45. The number of nitrogens with zero attached hydrogens (tertiary/aromatic N) is 4. The van der Waals surface area contributed by atoms with Crippen molar-refractivity contribution in [3.8, 4) is 0 Å². The molecule has 0 saturated carbocycles. The lowest BCUT2D eigenvalue weighted by Gasteiger charge is -2.35. The Kier molecular flexibility index (Phi) is 7.27. The fraction of sp³-hybridized carbons (Fsp3) is 0.440. The van der Waals surface area contributed by atoms with Crippen molar-refractivity contribution in [3.05, 3.63) is 72.3 Å². The monoisotopic (exact) mass is 405 g/mol. The number of rotatable bonds is 7. The molecule has 0 spiro atoms. The molecule has 1 fully saturated rings. The summed E-state index contributed by atoms with van der Waals surface area (Å²) in [7, 11) is 2.02. The van der Waals surface area contributed by atoms with Gasteiger partial charge in [-0.2, -0.15) is 0 Å². The molecule has 3 heterocycles. The highest BCUT2D eigenvalue weighted by Crippen LogP contribution is 2.25. The first-order valence-corrected chi connectivity index (χ1v) is 10.8. The zero-order chi connectivity index (χ0) is 21.7. The van der Waals surface area contributed by atoms with E-state index < -0.39 is 0 Å². The van der Waals surface area contributed by atoms with Crippen LogP contribution in [0, 0.1) is 12.8 Å². The van der Waals surface area contributed by atoms with Crippen LogP contribution in [0.1, 0.15) is 44.6 Å². The van der Waals surface area contributed by atoms with E-state index in [4.69, 9.17) is 0 Å². The SMILES string of the molecule is C=C/C(=C\C=C1\C=NC(NC(=C)C2CCN(C(C)C)CC2)=CC1)c1cnc(C)n1C. The van der Waals surface area contributed by atoms with E-state index in [1.165, 1.54) is 0 Å². The van der Waals surface area contributed by atoms with Crippen molar-refractivity contribution >= 4 is 11.8 Å². The van der Waals surface area contributed by atoms with Gasteiger partial charge in [0.25, 0.3) is 0 Å². The van der Waals surface area contributed by atoms with Gasteiger partial charge in [0.15, 0.2) is 0 Å². The molecule has 5 nitrogen and oxygen atoms in total. The Morgan fingerprint density at radius 3 is 2.57 bits per heavy atom. The molecule has 2 aliphatic rings. The first-order valence-electron chi connectivity index (χ1n) is 10.8. The number of aliphatic imine (C=N–C) groups is 1. The minimum Gasteiger partial charge on any atom is -0.344 e. The molecule has 2 aliphatic heterocycles. The molecule has 1 saturated heterocycles. The summed E-state index contributed by atoms with van der Waals surface area (Å²) >= 11 is 0. The van der Waals surface area contributed by atoms with Gasteiger partial charge in [-0.25, -0.2) is 9.98 Å². The highest BCUT2D eigenvalue weighted by molar-refractivity contribution is 5.83. The van der Waals surface area contributed by atoms with Crippen LogP contribution in [-0.4, -0.2) is 39.8 Å². The van der Waals surface area contributed by atoms with Crippen molar-refractivity contribution in [1.29, 1.82) is 0 Å². The topological polar surface area (TPSA) is 45.5 Å². The van der Waals surface area contributed by atoms with Gasteiger partial charge < -0.3 is 14.8 Å². The zero-order valence-electron chi connectivity index (χ0n) is 18.9. The van der Waals surface area contributed by atoms with E-state index in [-0.39, 0.29) is 0 Å². The molecule has 5 heteroatoms. The number of aromatic nitrogens is 2. The summed E-state index contributed by atoms with van der Waals surface area (Å²) in [5.41, 5.74) is 4.36. The van der Waals surface area contributed by atoms with E-state index in [0.29, 0.717) is 12.0 Å². The maximum absolute atomic E-state index is 4.60. The predicted molar refractivity (Wildman–Crippen MR) is 127 cm³/mol. The predicted octanol–water partition coefficient (Wildman–Crippen LogP) is 4.76. The molecule has 160 valence electrons. The Bertz CT molecular complexity index is 902. The summed E-state index contributed by atoms with van der Waals surface area (Å²) in [6.45, 7) is 17.1. The third-order valence-electron chi connectivity index (χ3n) is 6.15. The number of nitrogens with one attached hydrogen (secondary N) is 1. The second-order valence-corrected chi connectivity index (χ2v) is 8.42. The van der Waals surface area contributed by atoms with Crippen LogP contribution < -0.4 is 5.32 Å². The van der Waals surface area contributed by atoms with Crippen LogP contribution >= 0.6 is 0 Å². The average Bonchev–Trinajstić information content (AvgIpc) is 3.08. The van der Waals surface area contributed by atoms with Crippen molar-refractivity contribution in [2.24, 2.45) is 18.0 Å². The number of hydrogen-bond acceptors (Lipinski definition) is 4. The number of likely N-dealkylation sites (tertiary alicyclic amines) is 1. The standard InChI is InChI=1S/C25H35N5/c1-7-22(24-17-26-20(5)29(24)6)10-8-21-9-11-25(27-16-21)28-19(4)23-12-14-30(15-13-23)18(2)3/h7-8,10-11,16-18,23,28H,1,4,9,12-15H2,2-3,5-6H3/b21-8+,22-10+. The second kappa shape index (κ2) is 9.90. The van der Waals surface area contributed by atoms with E-state index >= 15 is 0 Å². The van der Waals surface area contributed by atoms with Gasteiger partial charge in [-0.3, -0.25) is 0 Å². The van der Waals surface area contributed by atoms with Gasteiger partial charge in [0.05, 0.1) is 11.9 Å². The zero-order valence-corrected chi connectivity index (χ0v) is 18.9. The summed E-state index contributed by atoms with van der Waals surface area (Å²) in [6.07, 6.45) is 15.2. The van der Waals surface area contributed by atoms with Gasteiger partial charge >= 0.3 is 0 Å². The lowest BCUT2D eigenvalue weighted by Crippen LogP contribution is -2.39. The van der Waals surface area contributed by atoms with E-state index in [0.717, 1.165) is 66.5 Å². The molecule has 0 radical (unpaired) electrons. The van der Waals surface area contributed by atoms with E-state index in [1.54, 1.807) is 0 Å². The second-order valence-electron chi connectivity index (χ2n) is 8.42. The number of aryl methyl sites for hydroxylation is 1. The van der Waals surface area contributed by atoms with Crippen LogP contribution in [0.2, 0.25) is 0 Å². The van der Waals surface area contributed by atoms with Crippen LogP contribution in [0.5, 0.6) is 0 Å². The molecule has 1 aromatic rings. The quantitative estimate of drug-likeness (QED) is 0.665. The average molecular weight is 406 g/mol. The van der Waals surface area contributed by atoms with Gasteiger partial charge in [-0.1, -0.05) is 31.4 Å². The van der Waals surface area contributed by atoms with Crippen molar-refractivity contribution in [1.82, 2.24) is 19.8 Å². The Labute approximate surface area is 181 Å². The Morgan fingerprint density at radius 2 is 2.03 bits per heavy atom. The number of hydrogen-bond donors (Lipinski definition) is 1. The van der Waals surface area contributed by atoms with Crippen molar-refractivity contribution in [3.63, 3.8) is 0 Å². The summed E-state index contributed by atoms with van der Waals surface area (Å²) in [4.78, 5) is 11.5. The number of imidazole rings is 1. The lowest BCUT2D eigenvalue weighted by atomic mass is 9.93. The maximum atomic E-state index is 4.60. The Hall–Kier alpha value is -2.66. The smallest absolute Gasteiger partial charge is 0.126 e. The first kappa shape index (κ1) is 22.0. The first-order chi connectivity index (χ1) is 14.4. The molecular formula is C25H35N5. The minimum absolute atomic E-state index is 0.522. The molecule has 0 aliphatic carbocycles. The van der Waals surface area contributed by atoms with Crippen LogP contribution in [-0.2, 0) is 7.05 Å². The van der Waals surface area contributed by atoms with Gasteiger partial charge in [-0.05, 0) is 70.3 Å². The van der Waals surface area contributed by atoms with Crippen molar-refractivity contribution < 1.29 is 0 Å². The van der Waals surface area contributed by atoms with Crippen LogP contribution in [0.3, 0.4) is 0 Å². The molecule has 3 rings (SSSR count). The fourth-order valence-electron chi connectivity index (χ4n) is 3.92. The lowest BCUT2D eigenvalue weighted by molar-refractivity contribution is 0.159. The fourth-order valence-corrected chi connectivity index (χ4v) is 3.92. The molecule has 0 amide bonds. The number of allylic oxidation sites excluding steroid dienone is 7. The summed E-state index contributed by atoms with van der Waals surface area (Å²) in [5.74, 6) is 2.41. The van der Waals surface area contributed by atoms with Crippen LogP contribution in [0.15, 0.2) is 65.7 Å². The normalized spacial score (nSPS) is 20.0. The van der Waals surface area contributed by atoms with Crippen molar-refractivity contribution in [2.45, 2.75) is 46.1 Å². The van der Waals surface area contributed by atoms with Gasteiger partial charge in [0, 0.05) is 30.9 Å².